The number of amides is 3. The van der Waals surface area contributed by atoms with Crippen molar-refractivity contribution in [1.29, 1.82) is 10.5 Å². The number of phosphoric acid groups is 1. The minimum atomic E-state index is -4.88. The van der Waals surface area contributed by atoms with Crippen molar-refractivity contribution in [3.05, 3.63) is 215 Å². The summed E-state index contributed by atoms with van der Waals surface area (Å²) in [6.45, 7) is 8.83. The summed E-state index contributed by atoms with van der Waals surface area (Å²) in [5, 5.41) is 57.3. The molecule has 6 aromatic carbocycles. The smallest absolute Gasteiger partial charge is 0.475 e. The van der Waals surface area contributed by atoms with E-state index in [1.807, 2.05) is 154 Å². The van der Waals surface area contributed by atoms with E-state index in [1.165, 1.54) is 46.0 Å². The first-order chi connectivity index (χ1) is 53.3. The van der Waals surface area contributed by atoms with Gasteiger partial charge in [-0.3, -0.25) is 27.8 Å². The summed E-state index contributed by atoms with van der Waals surface area (Å²) in [6, 6.07) is 51.5. The Morgan fingerprint density at radius 2 is 1.35 bits per heavy atom. The van der Waals surface area contributed by atoms with Gasteiger partial charge in [-0.15, -0.1) is 0 Å². The second-order valence-corrected chi connectivity index (χ2v) is 30.9. The lowest BCUT2D eigenvalue weighted by Gasteiger charge is -2.37. The summed E-state index contributed by atoms with van der Waals surface area (Å²) in [5.74, 6) is 0.856. The van der Waals surface area contributed by atoms with Crippen LogP contribution in [0.3, 0.4) is 0 Å². The molecule has 0 bridgehead atoms. The van der Waals surface area contributed by atoms with Crippen molar-refractivity contribution in [2.24, 2.45) is 0 Å². The van der Waals surface area contributed by atoms with Crippen molar-refractivity contribution >= 4 is 45.3 Å². The normalized spacial score (nSPS) is 20.5. The Balaban J connectivity index is 0.781. The van der Waals surface area contributed by atoms with Gasteiger partial charge >= 0.3 is 13.9 Å². The molecule has 110 heavy (non-hydrogen) atoms. The maximum atomic E-state index is 15.9. The first-order valence-corrected chi connectivity index (χ1v) is 39.6. The van der Waals surface area contributed by atoms with E-state index in [-0.39, 0.29) is 73.9 Å². The van der Waals surface area contributed by atoms with E-state index in [0.29, 0.717) is 72.5 Å². The minimum absolute atomic E-state index is 0.0280. The topological polar surface area (TPSA) is 335 Å². The molecular weight excluding hydrogens is 1450 g/mol. The van der Waals surface area contributed by atoms with Crippen molar-refractivity contribution in [3.8, 4) is 34.8 Å². The predicted octanol–water partition coefficient (Wildman–Crippen LogP) is 13.5. The first-order valence-electron chi connectivity index (χ1n) is 37.0. The molecule has 0 saturated carbocycles. The Bertz CT molecular complexity index is 4470. The molecule has 27 nitrogen and oxygen atoms in total. The van der Waals surface area contributed by atoms with Crippen LogP contribution in [0.5, 0.6) is 11.5 Å². The summed E-state index contributed by atoms with van der Waals surface area (Å²) in [6.07, 6.45) is -2.65. The van der Waals surface area contributed by atoms with E-state index in [2.05, 4.69) is 50.9 Å². The van der Waals surface area contributed by atoms with Crippen molar-refractivity contribution in [1.82, 2.24) is 34.4 Å². The van der Waals surface area contributed by atoms with Crippen molar-refractivity contribution in [3.63, 3.8) is 0 Å². The average Bonchev–Trinajstić information content (AvgIpc) is 1.44. The van der Waals surface area contributed by atoms with Gasteiger partial charge in [0.05, 0.1) is 90.8 Å². The van der Waals surface area contributed by atoms with Crippen LogP contribution in [0.4, 0.5) is 10.6 Å². The van der Waals surface area contributed by atoms with E-state index >= 15 is 4.57 Å². The van der Waals surface area contributed by atoms with Crippen molar-refractivity contribution in [2.45, 2.75) is 172 Å². The SMILES string of the molecule is COc1ccc(C(OC[C@H]2O[C@@H](n3cnc4c(NC(=O)c5ccc(CCC(O)CCCC(O)OCC6c7ccccc7-c7ccccc76)cc5)ncnc43)CC2OP(=O)(OCCC#N)OC[C@H]2O[C@@H](N3C=C(C)C(O)NC3=O)CC2OP(OCCC#N)N(C(C)C)C(C)C)(c2ccccc2)c2ccc(OC)cc2)cc1. The lowest BCUT2D eigenvalue weighted by molar-refractivity contribution is -0.106. The molecule has 8 aromatic rings. The van der Waals surface area contributed by atoms with Gasteiger partial charge in [-0.1, -0.05) is 115 Å². The number of urea groups is 1. The number of hydrogen-bond donors (Lipinski definition) is 5. The Labute approximate surface area is 641 Å². The zero-order valence-corrected chi connectivity index (χ0v) is 64.3. The van der Waals surface area contributed by atoms with Crippen molar-refractivity contribution in [2.75, 3.05) is 52.6 Å². The molecule has 29 heteroatoms. The number of carbonyl (C=O) groups is 2. The second-order valence-electron chi connectivity index (χ2n) is 27.8. The molecule has 11 atom stereocenters. The fourth-order valence-electron chi connectivity index (χ4n) is 14.3. The van der Waals surface area contributed by atoms with Gasteiger partial charge in [0.2, 0.25) is 0 Å². The standard InChI is InChI=1S/C81H94N10O17P2/c1-52(2)91(53(3)4)109(102-42-16-40-82)107-68-44-72(89-46-54(5)78(94)88-80(89)96)106-71(68)49-104-110(97,103-43-17-41-83)108-69-45-73(105-70(69)48-101-81(57-18-9-8-10-19-57,58-31-36-61(98-6)37-32-58)59-33-38-62(99-7)39-34-59)90-51-86-75-76(84-50-85-77(75)90)87-79(95)56-29-26-55(27-30-56)28-35-60(92)20-15-25-74(93)100-47-67-65-23-13-11-21-63(65)64-22-12-14-24-66(64)67/h8-14,18-19,21-24,26-27,29-34,36-39,46,50-53,60,67-74,78,92-94H,15-17,20,25,28,35,42-45,47-49H2,1-7H3,(H,88,96)(H,84,85,87,95)/t60?,68?,69?,70-,71-,72-,73-,74?,78?,109?,110?/m1/s1. The molecule has 2 saturated heterocycles. The van der Waals surface area contributed by atoms with Gasteiger partial charge in [-0.25, -0.2) is 29.0 Å². The van der Waals surface area contributed by atoms with Gasteiger partial charge in [0.15, 0.2) is 29.5 Å². The molecule has 5 heterocycles. The van der Waals surface area contributed by atoms with Crippen LogP contribution in [0.1, 0.15) is 142 Å². The number of anilines is 1. The van der Waals surface area contributed by atoms with Gasteiger partial charge in [-0.2, -0.15) is 10.5 Å². The number of aliphatic hydroxyl groups is 3. The van der Waals surface area contributed by atoms with E-state index < -0.39 is 103 Å². The Morgan fingerprint density at radius 1 is 0.736 bits per heavy atom. The molecule has 0 radical (unpaired) electrons. The maximum Gasteiger partial charge on any atom is 0.475 e. The van der Waals surface area contributed by atoms with Crippen LogP contribution in [0.25, 0.3) is 22.3 Å². The molecule has 4 aliphatic rings. The van der Waals surface area contributed by atoms with Crippen LogP contribution < -0.4 is 20.1 Å². The summed E-state index contributed by atoms with van der Waals surface area (Å²) in [7, 11) is -3.63. The lowest BCUT2D eigenvalue weighted by Crippen LogP contribution is -2.51. The third-order valence-corrected chi connectivity index (χ3v) is 23.5. The molecule has 7 unspecified atom stereocenters. The molecule has 5 N–H and O–H groups in total. The molecule has 2 aromatic heterocycles. The molecule has 3 aliphatic heterocycles. The first kappa shape index (κ1) is 80.6. The highest BCUT2D eigenvalue weighted by atomic mass is 31.2. The van der Waals surface area contributed by atoms with Crippen LogP contribution >= 0.6 is 16.3 Å². The Kier molecular flexibility index (Phi) is 27.4. The summed E-state index contributed by atoms with van der Waals surface area (Å²) < 4.78 is 90.3. The maximum absolute atomic E-state index is 15.9. The minimum Gasteiger partial charge on any atom is -0.497 e. The predicted molar refractivity (Wildman–Crippen MR) is 408 cm³/mol. The van der Waals surface area contributed by atoms with Crippen LogP contribution in [0.2, 0.25) is 0 Å². The monoisotopic (exact) mass is 1540 g/mol. The fourth-order valence-corrected chi connectivity index (χ4v) is 17.5. The fraction of sp³-hybridized carbons (Fsp3) is 0.420. The second kappa shape index (κ2) is 37.4. The van der Waals surface area contributed by atoms with Gasteiger partial charge in [0.25, 0.3) is 14.4 Å². The number of nitriles is 2. The number of aromatic nitrogens is 4. The number of nitrogens with zero attached hydrogens (tertiary/aromatic N) is 8. The molecule has 3 amide bonds. The molecule has 1 aliphatic carbocycles. The highest BCUT2D eigenvalue weighted by molar-refractivity contribution is 7.48. The number of aryl methyl sites for hydroxylation is 1. The van der Waals surface area contributed by atoms with E-state index in [0.717, 1.165) is 11.1 Å². The van der Waals surface area contributed by atoms with Gasteiger partial charge in [0, 0.05) is 42.6 Å². The number of hydrogen-bond acceptors (Lipinski definition) is 23. The zero-order valence-electron chi connectivity index (χ0n) is 62.5. The van der Waals surface area contributed by atoms with Crippen molar-refractivity contribution < 1.29 is 80.5 Å². The number of fused-ring (bicyclic) bond motifs is 4. The largest absolute Gasteiger partial charge is 0.497 e. The molecule has 580 valence electrons. The Hall–Kier alpha value is -8.93. The van der Waals surface area contributed by atoms with Crippen LogP contribution in [-0.2, 0) is 58.2 Å². The third kappa shape index (κ3) is 19.0. The molecule has 2 fully saturated rings. The summed E-state index contributed by atoms with van der Waals surface area (Å²) in [4.78, 5) is 42.8. The van der Waals surface area contributed by atoms with E-state index in [4.69, 9.17) is 56.0 Å². The number of methoxy groups -OCH3 is 2. The third-order valence-electron chi connectivity index (χ3n) is 19.9. The van der Waals surface area contributed by atoms with E-state index in [9.17, 15) is 35.4 Å². The highest BCUT2D eigenvalue weighted by Crippen LogP contribution is 2.56. The number of phosphoric ester groups is 1. The Morgan fingerprint density at radius 3 is 1.99 bits per heavy atom. The number of benzene rings is 6. The zero-order chi connectivity index (χ0) is 77.5. The van der Waals surface area contributed by atoms with Gasteiger partial charge in [0.1, 0.15) is 54.2 Å². The number of rotatable bonds is 38. The molecule has 0 spiro atoms. The van der Waals surface area contributed by atoms with Crippen LogP contribution in [0.15, 0.2) is 176 Å². The number of carbonyl (C=O) groups excluding carboxylic acids is 2. The number of aliphatic hydroxyl groups excluding tert-OH is 3. The van der Waals surface area contributed by atoms with Crippen LogP contribution in [-0.4, -0.2) is 165 Å². The van der Waals surface area contributed by atoms with Gasteiger partial charge < -0.3 is 63.4 Å². The summed E-state index contributed by atoms with van der Waals surface area (Å²) in [5.41, 5.74) is 7.64. The number of ether oxygens (including phenoxy) is 6. The van der Waals surface area contributed by atoms with Gasteiger partial charge in [-0.05, 0) is 153 Å². The number of imidazole rings is 1. The number of nitrogens with one attached hydrogen (secondary N) is 2. The average molecular weight is 1540 g/mol. The lowest BCUT2D eigenvalue weighted by atomic mass is 9.80. The highest BCUT2D eigenvalue weighted by Gasteiger charge is 2.50. The summed E-state index contributed by atoms with van der Waals surface area (Å²) >= 11 is 0. The van der Waals surface area contributed by atoms with Crippen LogP contribution in [0, 0.1) is 22.7 Å². The molecular formula is C81H94N10O17P2. The quantitative estimate of drug-likeness (QED) is 0.0104. The van der Waals surface area contributed by atoms with E-state index in [1.54, 1.807) is 37.8 Å². The molecule has 12 rings (SSSR count).